The molecule has 4 heterocycles. The van der Waals surface area contributed by atoms with Crippen molar-refractivity contribution < 1.29 is 33.5 Å². The number of hydrogen-bond acceptors (Lipinski definition) is 10. The maximum absolute atomic E-state index is 14.0. The van der Waals surface area contributed by atoms with Crippen LogP contribution in [0.1, 0.15) is 27.2 Å². The van der Waals surface area contributed by atoms with Crippen molar-refractivity contribution in [3.05, 3.63) is 73.2 Å². The monoisotopic (exact) mass is 575 g/mol. The predicted octanol–water partition coefficient (Wildman–Crippen LogP) is 3.17. The van der Waals surface area contributed by atoms with Crippen LogP contribution in [0.5, 0.6) is 17.2 Å². The molecule has 2 aromatic heterocycles. The Kier molecular flexibility index (Phi) is 6.32. The first-order valence-electron chi connectivity index (χ1n) is 12.9. The average molecular weight is 576 g/mol. The zero-order chi connectivity index (χ0) is 29.9. The first-order valence-corrected chi connectivity index (χ1v) is 12.9. The van der Waals surface area contributed by atoms with E-state index < -0.39 is 11.0 Å². The number of fused-ring (bicyclic) bond motifs is 6. The Morgan fingerprint density at radius 2 is 1.88 bits per heavy atom. The fraction of sp³-hybridized carbons (Fsp3) is 0.286. The van der Waals surface area contributed by atoms with Gasteiger partial charge in [0.2, 0.25) is 6.79 Å². The van der Waals surface area contributed by atoms with E-state index in [1.54, 1.807) is 24.3 Å². The number of rotatable bonds is 7. The number of carbonyl (C=O) groups excluding carboxylic acids is 2. The van der Waals surface area contributed by atoms with Crippen LogP contribution in [-0.2, 0) is 24.8 Å². The molecule has 0 bridgehead atoms. The second kappa shape index (κ2) is 9.90. The number of aryl methyl sites for hydroxylation is 1. The van der Waals surface area contributed by atoms with Crippen molar-refractivity contribution in [1.29, 1.82) is 0 Å². The van der Waals surface area contributed by atoms with Crippen LogP contribution in [0.2, 0.25) is 0 Å². The van der Waals surface area contributed by atoms with Crippen molar-refractivity contribution >= 4 is 28.9 Å². The van der Waals surface area contributed by atoms with E-state index in [0.29, 0.717) is 56.2 Å². The summed E-state index contributed by atoms with van der Waals surface area (Å²) in [5.74, 6) is 0.737. The number of pyridine rings is 1. The number of amides is 1. The fourth-order valence-corrected chi connectivity index (χ4v) is 5.30. The molecule has 1 amide bonds. The highest BCUT2D eigenvalue weighted by Crippen LogP contribution is 2.44. The highest BCUT2D eigenvalue weighted by atomic mass is 16.7. The van der Waals surface area contributed by atoms with Crippen molar-refractivity contribution in [1.82, 2.24) is 19.0 Å². The second-order valence-electron chi connectivity index (χ2n) is 9.98. The summed E-state index contributed by atoms with van der Waals surface area (Å²) >= 11 is 0. The van der Waals surface area contributed by atoms with E-state index in [1.807, 2.05) is 6.92 Å². The minimum Gasteiger partial charge on any atom is -0.496 e. The van der Waals surface area contributed by atoms with Crippen molar-refractivity contribution in [3.63, 3.8) is 0 Å². The number of ether oxygens (including phenoxy) is 4. The highest BCUT2D eigenvalue weighted by molar-refractivity contribution is 6.14. The minimum absolute atomic E-state index is 0.0296. The third-order valence-electron chi connectivity index (χ3n) is 7.56. The molecule has 6 rings (SSSR count). The summed E-state index contributed by atoms with van der Waals surface area (Å²) in [4.78, 5) is 55.9. The first-order chi connectivity index (χ1) is 20.1. The number of aromatic nitrogens is 3. The second-order valence-corrected chi connectivity index (χ2v) is 9.98. The number of nitrogens with zero attached hydrogens (tertiary/aromatic N) is 5. The van der Waals surface area contributed by atoms with Gasteiger partial charge in [0.15, 0.2) is 29.2 Å². The molecule has 2 aromatic carbocycles. The molecular formula is C28H25N5O9. The normalized spacial score (nSPS) is 12.8. The minimum atomic E-state index is -0.700. The summed E-state index contributed by atoms with van der Waals surface area (Å²) in [5, 5.41) is 11.3. The van der Waals surface area contributed by atoms with Crippen LogP contribution in [0.3, 0.4) is 0 Å². The quantitative estimate of drug-likeness (QED) is 0.209. The summed E-state index contributed by atoms with van der Waals surface area (Å²) < 4.78 is 24.6. The van der Waals surface area contributed by atoms with E-state index in [1.165, 1.54) is 41.4 Å². The van der Waals surface area contributed by atoms with E-state index in [-0.39, 0.29) is 43.6 Å². The Morgan fingerprint density at radius 1 is 1.17 bits per heavy atom. The van der Waals surface area contributed by atoms with Crippen LogP contribution in [0.4, 0.5) is 10.7 Å². The van der Waals surface area contributed by atoms with E-state index in [0.717, 1.165) is 5.56 Å². The van der Waals surface area contributed by atoms with Gasteiger partial charge in [-0.2, -0.15) is 0 Å². The summed E-state index contributed by atoms with van der Waals surface area (Å²) in [6, 6.07) is 6.69. The molecule has 42 heavy (non-hydrogen) atoms. The van der Waals surface area contributed by atoms with Crippen LogP contribution in [0.15, 0.2) is 35.3 Å². The lowest BCUT2D eigenvalue weighted by atomic mass is 9.98. The number of imidazole rings is 1. The molecule has 14 heteroatoms. The molecular weight excluding hydrogens is 550 g/mol. The number of nitro groups is 1. The van der Waals surface area contributed by atoms with Gasteiger partial charge < -0.3 is 34.0 Å². The van der Waals surface area contributed by atoms with Crippen LogP contribution in [0, 0.1) is 17.0 Å². The molecule has 0 saturated heterocycles. The topological polar surface area (TPSA) is 157 Å². The first kappa shape index (κ1) is 26.8. The molecule has 0 aliphatic carbocycles. The standard InChI is InChI=1S/C28H25N5O9/c1-14-7-20-19(10-21(14)39-4)25(34)16(24-17-8-22-23(42-13-41-22)9-18(17)26(35)32(20)24)5-6-30(2)28(36)40-12-15-11-29-27(31(15)3)33(37)38/h7-11H,5-6,12-13H2,1-4H3. The van der Waals surface area contributed by atoms with Gasteiger partial charge in [-0.25, -0.2) is 9.36 Å². The molecule has 2 aliphatic rings. The maximum Gasteiger partial charge on any atom is 0.434 e. The summed E-state index contributed by atoms with van der Waals surface area (Å²) in [5.41, 5.74) is 2.92. The van der Waals surface area contributed by atoms with Crippen LogP contribution >= 0.6 is 0 Å². The number of carbonyl (C=O) groups is 2. The summed E-state index contributed by atoms with van der Waals surface area (Å²) in [6.07, 6.45) is 0.666. The molecule has 0 unspecified atom stereocenters. The zero-order valence-corrected chi connectivity index (χ0v) is 23.1. The number of hydrogen-bond donors (Lipinski definition) is 0. The largest absolute Gasteiger partial charge is 0.496 e. The third-order valence-corrected chi connectivity index (χ3v) is 7.56. The molecule has 2 aliphatic heterocycles. The van der Waals surface area contributed by atoms with Crippen molar-refractivity contribution in [3.8, 4) is 28.5 Å². The lowest BCUT2D eigenvalue weighted by Gasteiger charge is -2.19. The fourth-order valence-electron chi connectivity index (χ4n) is 5.30. The zero-order valence-electron chi connectivity index (χ0n) is 23.1. The van der Waals surface area contributed by atoms with Gasteiger partial charge in [0, 0.05) is 24.7 Å². The molecule has 4 aromatic rings. The van der Waals surface area contributed by atoms with Gasteiger partial charge >= 0.3 is 12.0 Å². The Labute approximate surface area is 237 Å². The lowest BCUT2D eigenvalue weighted by Crippen LogP contribution is -2.31. The number of likely N-dealkylation sites (N-methyl/N-ethyl adjacent to an activating group) is 1. The van der Waals surface area contributed by atoms with Gasteiger partial charge in [-0.1, -0.05) is 4.98 Å². The third kappa shape index (κ3) is 4.10. The highest BCUT2D eigenvalue weighted by Gasteiger charge is 2.35. The van der Waals surface area contributed by atoms with Gasteiger partial charge in [0.25, 0.3) is 5.91 Å². The van der Waals surface area contributed by atoms with Crippen LogP contribution < -0.4 is 19.6 Å². The molecule has 0 fully saturated rings. The van der Waals surface area contributed by atoms with Crippen molar-refractivity contribution in [2.24, 2.45) is 7.05 Å². The van der Waals surface area contributed by atoms with E-state index in [9.17, 15) is 24.5 Å². The Bertz CT molecular complexity index is 1890. The Hall–Kier alpha value is -5.40. The molecule has 0 saturated carbocycles. The van der Waals surface area contributed by atoms with Gasteiger partial charge in [0.05, 0.1) is 36.3 Å². The molecule has 0 spiro atoms. The van der Waals surface area contributed by atoms with Crippen molar-refractivity contribution in [2.75, 3.05) is 27.5 Å². The van der Waals surface area contributed by atoms with Gasteiger partial charge in [-0.15, -0.1) is 0 Å². The molecule has 0 radical (unpaired) electrons. The molecule has 0 N–H and O–H groups in total. The van der Waals surface area contributed by atoms with E-state index in [4.69, 9.17) is 18.9 Å². The summed E-state index contributed by atoms with van der Waals surface area (Å²) in [7, 11) is 4.47. The average Bonchev–Trinajstić information content (AvgIpc) is 3.66. The van der Waals surface area contributed by atoms with Gasteiger partial charge in [-0.3, -0.25) is 14.2 Å². The molecule has 14 nitrogen and oxygen atoms in total. The van der Waals surface area contributed by atoms with E-state index in [2.05, 4.69) is 4.98 Å². The summed E-state index contributed by atoms with van der Waals surface area (Å²) in [6.45, 7) is 1.70. The van der Waals surface area contributed by atoms with E-state index >= 15 is 0 Å². The van der Waals surface area contributed by atoms with Crippen LogP contribution in [-0.4, -0.2) is 63.4 Å². The van der Waals surface area contributed by atoms with Crippen molar-refractivity contribution in [2.45, 2.75) is 20.0 Å². The Balaban J connectivity index is 1.35. The van der Waals surface area contributed by atoms with Gasteiger partial charge in [-0.05, 0) is 48.1 Å². The van der Waals surface area contributed by atoms with Crippen LogP contribution in [0.25, 0.3) is 22.2 Å². The molecule has 216 valence electrons. The lowest BCUT2D eigenvalue weighted by molar-refractivity contribution is -0.396. The Morgan fingerprint density at radius 3 is 2.55 bits per heavy atom. The smallest absolute Gasteiger partial charge is 0.434 e. The van der Waals surface area contributed by atoms with Gasteiger partial charge in [0.1, 0.15) is 11.9 Å². The predicted molar refractivity (Wildman–Crippen MR) is 147 cm³/mol. The maximum atomic E-state index is 14.0. The SMILES string of the molecule is COc1cc2c(=O)c(CCN(C)C(=O)OCc3cnc([N+](=O)[O-])n3C)c3n(c2cc1C)C(=O)c1cc2c(cc1-3)OCO2. The number of methoxy groups -OCH3 is 1. The molecule has 0 atom stereocenters. The number of benzene rings is 2.